The first kappa shape index (κ1) is 26.3. The molecular formula is C26H19BrCl2N2O4. The number of halogens is 3. The number of ether oxygens (including phenoxy) is 2. The summed E-state index contributed by atoms with van der Waals surface area (Å²) in [5.74, 6) is -0.587. The molecule has 3 aromatic rings. The van der Waals surface area contributed by atoms with Crippen LogP contribution in [0, 0.1) is 11.3 Å². The van der Waals surface area contributed by atoms with Crippen molar-refractivity contribution in [1.29, 1.82) is 5.26 Å². The number of hydrogen-bond acceptors (Lipinski definition) is 5. The third-order valence-electron chi connectivity index (χ3n) is 4.67. The molecule has 0 atom stereocenters. The predicted molar refractivity (Wildman–Crippen MR) is 140 cm³/mol. The molecule has 0 aliphatic rings. The van der Waals surface area contributed by atoms with Crippen molar-refractivity contribution in [2.45, 2.75) is 13.5 Å². The molecule has 0 aliphatic carbocycles. The van der Waals surface area contributed by atoms with Crippen LogP contribution in [0.2, 0.25) is 10.0 Å². The van der Waals surface area contributed by atoms with Crippen LogP contribution in [0.25, 0.3) is 6.08 Å². The number of carbonyl (C=O) groups is 2. The summed E-state index contributed by atoms with van der Waals surface area (Å²) in [4.78, 5) is 24.5. The number of hydrogen-bond donors (Lipinski definition) is 1. The van der Waals surface area contributed by atoms with Crippen LogP contribution < -0.4 is 10.1 Å². The van der Waals surface area contributed by atoms with E-state index in [1.807, 2.05) is 6.07 Å². The minimum absolute atomic E-state index is 0.128. The molecule has 9 heteroatoms. The average Bonchev–Trinajstić information content (AvgIpc) is 2.84. The van der Waals surface area contributed by atoms with Gasteiger partial charge in [-0.05, 0) is 73.2 Å². The first-order valence-electron chi connectivity index (χ1n) is 10.4. The molecule has 1 N–H and O–H groups in total. The maximum atomic E-state index is 12.7. The van der Waals surface area contributed by atoms with E-state index in [0.717, 1.165) is 10.0 Å². The van der Waals surface area contributed by atoms with Gasteiger partial charge in [0.1, 0.15) is 24.0 Å². The van der Waals surface area contributed by atoms with Gasteiger partial charge in [-0.25, -0.2) is 4.79 Å². The van der Waals surface area contributed by atoms with Crippen molar-refractivity contribution in [3.63, 3.8) is 0 Å². The molecule has 0 radical (unpaired) electrons. The van der Waals surface area contributed by atoms with Crippen LogP contribution >= 0.6 is 39.1 Å². The van der Waals surface area contributed by atoms with Crippen LogP contribution in [0.4, 0.5) is 5.69 Å². The Balaban J connectivity index is 1.77. The van der Waals surface area contributed by atoms with E-state index in [9.17, 15) is 14.9 Å². The number of amides is 1. The first-order valence-corrected chi connectivity index (χ1v) is 11.9. The van der Waals surface area contributed by atoms with Gasteiger partial charge in [-0.2, -0.15) is 5.26 Å². The molecule has 0 heterocycles. The van der Waals surface area contributed by atoms with E-state index >= 15 is 0 Å². The lowest BCUT2D eigenvalue weighted by molar-refractivity contribution is -0.112. The lowest BCUT2D eigenvalue weighted by Crippen LogP contribution is -2.14. The summed E-state index contributed by atoms with van der Waals surface area (Å²) in [5, 5.41) is 13.1. The van der Waals surface area contributed by atoms with Crippen LogP contribution in [0.3, 0.4) is 0 Å². The summed E-state index contributed by atoms with van der Waals surface area (Å²) < 4.78 is 11.6. The number of nitriles is 1. The second kappa shape index (κ2) is 12.4. The van der Waals surface area contributed by atoms with Crippen molar-refractivity contribution < 1.29 is 19.1 Å². The molecule has 6 nitrogen and oxygen atoms in total. The molecular weight excluding hydrogens is 555 g/mol. The lowest BCUT2D eigenvalue weighted by atomic mass is 10.1. The number of carbonyl (C=O) groups excluding carboxylic acids is 2. The van der Waals surface area contributed by atoms with E-state index in [1.54, 1.807) is 55.5 Å². The maximum absolute atomic E-state index is 12.7. The van der Waals surface area contributed by atoms with Gasteiger partial charge in [0, 0.05) is 15.7 Å². The van der Waals surface area contributed by atoms with Crippen molar-refractivity contribution >= 4 is 62.8 Å². The van der Waals surface area contributed by atoms with Crippen molar-refractivity contribution in [2.75, 3.05) is 11.9 Å². The highest BCUT2D eigenvalue weighted by atomic mass is 79.9. The minimum atomic E-state index is -0.605. The van der Waals surface area contributed by atoms with E-state index in [4.69, 9.17) is 32.7 Å². The third kappa shape index (κ3) is 7.33. The van der Waals surface area contributed by atoms with Gasteiger partial charge in [-0.3, -0.25) is 4.79 Å². The zero-order chi connectivity index (χ0) is 25.4. The van der Waals surface area contributed by atoms with Crippen molar-refractivity contribution in [1.82, 2.24) is 0 Å². The Hall–Kier alpha value is -3.31. The van der Waals surface area contributed by atoms with Gasteiger partial charge in [-0.15, -0.1) is 0 Å². The highest BCUT2D eigenvalue weighted by Gasteiger charge is 2.13. The summed E-state index contributed by atoms with van der Waals surface area (Å²) in [6, 6.07) is 18.6. The third-order valence-corrected chi connectivity index (χ3v) is 5.90. The largest absolute Gasteiger partial charge is 0.488 e. The number of rotatable bonds is 8. The van der Waals surface area contributed by atoms with E-state index in [1.165, 1.54) is 18.2 Å². The highest BCUT2D eigenvalue weighted by molar-refractivity contribution is 9.10. The molecule has 0 fully saturated rings. The Bertz CT molecular complexity index is 1320. The Kier molecular flexibility index (Phi) is 9.32. The molecule has 3 aromatic carbocycles. The fourth-order valence-corrected chi connectivity index (χ4v) is 3.66. The zero-order valence-corrected chi connectivity index (χ0v) is 21.6. The van der Waals surface area contributed by atoms with E-state index in [-0.39, 0.29) is 18.8 Å². The average molecular weight is 574 g/mol. The molecule has 35 heavy (non-hydrogen) atoms. The summed E-state index contributed by atoms with van der Waals surface area (Å²) in [6.45, 7) is 2.19. The van der Waals surface area contributed by atoms with E-state index < -0.39 is 11.9 Å². The van der Waals surface area contributed by atoms with Gasteiger partial charge in [0.25, 0.3) is 5.91 Å². The second-order valence-electron chi connectivity index (χ2n) is 7.14. The van der Waals surface area contributed by atoms with Crippen LogP contribution in [-0.4, -0.2) is 18.5 Å². The maximum Gasteiger partial charge on any atom is 0.338 e. The molecule has 0 bridgehead atoms. The summed E-state index contributed by atoms with van der Waals surface area (Å²) in [6.07, 6.45) is 1.44. The van der Waals surface area contributed by atoms with Gasteiger partial charge in [-0.1, -0.05) is 45.2 Å². The van der Waals surface area contributed by atoms with Gasteiger partial charge >= 0.3 is 5.97 Å². The topological polar surface area (TPSA) is 88.4 Å². The molecule has 3 rings (SSSR count). The monoisotopic (exact) mass is 572 g/mol. The van der Waals surface area contributed by atoms with Crippen LogP contribution in [0.5, 0.6) is 5.75 Å². The molecule has 178 valence electrons. The lowest BCUT2D eigenvalue weighted by Gasteiger charge is -2.11. The Morgan fingerprint density at radius 1 is 1.06 bits per heavy atom. The van der Waals surface area contributed by atoms with E-state index in [0.29, 0.717) is 32.6 Å². The van der Waals surface area contributed by atoms with Crippen LogP contribution in [0.15, 0.2) is 70.7 Å². The number of nitrogens with one attached hydrogen (secondary N) is 1. The SMILES string of the molecule is CCOC(=O)c1ccc(NC(=O)/C(C#N)=C/c2cc(Br)ccc2OCc2ccc(Cl)c(Cl)c2)cc1. The van der Waals surface area contributed by atoms with Crippen LogP contribution in [-0.2, 0) is 16.1 Å². The molecule has 0 spiro atoms. The van der Waals surface area contributed by atoms with Crippen molar-refractivity contribution in [3.05, 3.63) is 97.4 Å². The van der Waals surface area contributed by atoms with Gasteiger partial charge in [0.2, 0.25) is 0 Å². The molecule has 1 amide bonds. The number of anilines is 1. The quantitative estimate of drug-likeness (QED) is 0.177. The normalized spacial score (nSPS) is 10.9. The predicted octanol–water partition coefficient (Wildman–Crippen LogP) is 7.06. The Morgan fingerprint density at radius 2 is 1.80 bits per heavy atom. The number of esters is 1. The minimum Gasteiger partial charge on any atom is -0.488 e. The number of nitrogens with zero attached hydrogens (tertiary/aromatic N) is 1. The highest BCUT2D eigenvalue weighted by Crippen LogP contribution is 2.28. The molecule has 0 aliphatic heterocycles. The fraction of sp³-hybridized carbons (Fsp3) is 0.115. The molecule has 0 unspecified atom stereocenters. The fourth-order valence-electron chi connectivity index (χ4n) is 2.96. The van der Waals surface area contributed by atoms with Crippen molar-refractivity contribution in [2.24, 2.45) is 0 Å². The number of benzene rings is 3. The summed E-state index contributed by atoms with van der Waals surface area (Å²) >= 11 is 15.4. The summed E-state index contributed by atoms with van der Waals surface area (Å²) in [5.41, 5.74) is 2.00. The second-order valence-corrected chi connectivity index (χ2v) is 8.87. The summed E-state index contributed by atoms with van der Waals surface area (Å²) in [7, 11) is 0. The molecule has 0 saturated heterocycles. The Morgan fingerprint density at radius 3 is 2.46 bits per heavy atom. The zero-order valence-electron chi connectivity index (χ0n) is 18.5. The van der Waals surface area contributed by atoms with Gasteiger partial charge < -0.3 is 14.8 Å². The molecule has 0 saturated carbocycles. The van der Waals surface area contributed by atoms with Crippen LogP contribution in [0.1, 0.15) is 28.4 Å². The van der Waals surface area contributed by atoms with Gasteiger partial charge in [0.05, 0.1) is 22.2 Å². The van der Waals surface area contributed by atoms with Crippen molar-refractivity contribution in [3.8, 4) is 11.8 Å². The molecule has 0 aromatic heterocycles. The smallest absolute Gasteiger partial charge is 0.338 e. The Labute approximate surface area is 221 Å². The van der Waals surface area contributed by atoms with E-state index in [2.05, 4.69) is 21.2 Å². The standard InChI is InChI=1S/C26H19BrCl2N2O4/c1-2-34-26(33)17-4-7-21(8-5-17)31-25(32)19(14-30)12-18-13-20(27)6-10-24(18)35-15-16-3-9-22(28)23(29)11-16/h3-13H,2,15H2,1H3,(H,31,32)/b19-12+. The van der Waals surface area contributed by atoms with Gasteiger partial charge in [0.15, 0.2) is 0 Å². The first-order chi connectivity index (χ1) is 16.8.